The highest BCUT2D eigenvalue weighted by Gasteiger charge is 2.31. The van der Waals surface area contributed by atoms with E-state index < -0.39 is 11.9 Å². The number of amides is 2. The molecule has 13 heteroatoms. The summed E-state index contributed by atoms with van der Waals surface area (Å²) in [6, 6.07) is 7.88. The predicted octanol–water partition coefficient (Wildman–Crippen LogP) is 4.74. The van der Waals surface area contributed by atoms with E-state index in [9.17, 15) is 18.8 Å². The first-order chi connectivity index (χ1) is 21.8. The van der Waals surface area contributed by atoms with Crippen molar-refractivity contribution in [1.29, 1.82) is 0 Å². The second-order valence-corrected chi connectivity index (χ2v) is 12.0. The topological polar surface area (TPSA) is 135 Å². The van der Waals surface area contributed by atoms with Crippen molar-refractivity contribution in [2.45, 2.75) is 50.7 Å². The lowest BCUT2D eigenvalue weighted by atomic mass is 10.0. The summed E-state index contributed by atoms with van der Waals surface area (Å²) >= 11 is 5.96. The minimum atomic E-state index is -0.677. The number of hydrogen-bond donors (Lipinski definition) is 3. The number of carbonyl (C=O) groups is 3. The molecule has 1 aromatic heterocycles. The molecule has 3 aliphatic rings. The van der Waals surface area contributed by atoms with Crippen LogP contribution in [0.15, 0.2) is 48.8 Å². The largest absolute Gasteiger partial charge is 0.491 e. The lowest BCUT2D eigenvalue weighted by Crippen LogP contribution is -2.47. The number of halogens is 2. The number of piperidine rings is 1. The molecule has 2 amide bonds. The van der Waals surface area contributed by atoms with Crippen LogP contribution in [0.25, 0.3) is 10.9 Å². The number of rotatable bonds is 11. The van der Waals surface area contributed by atoms with E-state index >= 15 is 0 Å². The molecule has 6 rings (SSSR count). The van der Waals surface area contributed by atoms with Gasteiger partial charge in [0.1, 0.15) is 23.7 Å². The highest BCUT2D eigenvalue weighted by Crippen LogP contribution is 2.36. The van der Waals surface area contributed by atoms with Crippen LogP contribution >= 0.6 is 11.6 Å². The Morgan fingerprint density at radius 2 is 1.93 bits per heavy atom. The first-order valence-corrected chi connectivity index (χ1v) is 15.5. The van der Waals surface area contributed by atoms with Crippen molar-refractivity contribution in [3.63, 3.8) is 0 Å². The molecule has 0 spiro atoms. The van der Waals surface area contributed by atoms with Gasteiger partial charge in [-0.15, -0.1) is 0 Å². The average Bonchev–Trinajstić information content (AvgIpc) is 3.76. The van der Waals surface area contributed by atoms with Crippen molar-refractivity contribution in [2.24, 2.45) is 5.92 Å². The summed E-state index contributed by atoms with van der Waals surface area (Å²) in [5.41, 5.74) is 1.65. The highest BCUT2D eigenvalue weighted by atomic mass is 35.5. The van der Waals surface area contributed by atoms with Crippen LogP contribution in [0.2, 0.25) is 5.02 Å². The van der Waals surface area contributed by atoms with Gasteiger partial charge in [-0.05, 0) is 55.9 Å². The van der Waals surface area contributed by atoms with Crippen LogP contribution in [0.3, 0.4) is 0 Å². The van der Waals surface area contributed by atoms with Gasteiger partial charge in [0.2, 0.25) is 5.91 Å². The second-order valence-electron chi connectivity index (χ2n) is 11.6. The molecule has 2 aliphatic heterocycles. The van der Waals surface area contributed by atoms with Crippen LogP contribution in [-0.2, 0) is 19.1 Å². The third-order valence-corrected chi connectivity index (χ3v) is 8.38. The van der Waals surface area contributed by atoms with Gasteiger partial charge >= 0.3 is 5.97 Å². The lowest BCUT2D eigenvalue weighted by molar-refractivity contribution is -0.148. The van der Waals surface area contributed by atoms with Crippen molar-refractivity contribution < 1.29 is 28.2 Å². The van der Waals surface area contributed by atoms with Gasteiger partial charge in [-0.1, -0.05) is 17.7 Å². The van der Waals surface area contributed by atoms with Crippen LogP contribution in [-0.4, -0.2) is 71.0 Å². The van der Waals surface area contributed by atoms with Gasteiger partial charge in [0.25, 0.3) is 5.91 Å². The molecule has 1 unspecified atom stereocenters. The number of hydrogen-bond acceptors (Lipinski definition) is 9. The molecule has 2 saturated heterocycles. The number of aromatic nitrogens is 2. The van der Waals surface area contributed by atoms with Crippen LogP contribution in [0.1, 0.15) is 38.5 Å². The quantitative estimate of drug-likeness (QED) is 0.202. The zero-order valence-corrected chi connectivity index (χ0v) is 25.3. The molecule has 1 aliphatic carbocycles. The molecule has 236 valence electrons. The Bertz CT molecular complexity index is 1630. The number of likely N-dealkylation sites (tertiary alicyclic amines) is 1. The Morgan fingerprint density at radius 1 is 1.11 bits per heavy atom. The number of anilines is 3. The Hall–Kier alpha value is -4.29. The van der Waals surface area contributed by atoms with Crippen LogP contribution < -0.4 is 20.7 Å². The normalized spacial score (nSPS) is 19.1. The Morgan fingerprint density at radius 3 is 2.67 bits per heavy atom. The van der Waals surface area contributed by atoms with E-state index in [-0.39, 0.29) is 35.3 Å². The number of nitrogens with zero attached hydrogens (tertiary/aromatic N) is 3. The maximum Gasteiger partial charge on any atom is 0.306 e. The van der Waals surface area contributed by atoms with E-state index in [1.807, 2.05) is 6.08 Å². The van der Waals surface area contributed by atoms with Crippen molar-refractivity contribution in [1.82, 2.24) is 20.2 Å². The first kappa shape index (κ1) is 30.7. The van der Waals surface area contributed by atoms with E-state index in [4.69, 9.17) is 21.1 Å². The number of esters is 1. The molecule has 2 aromatic carbocycles. The Labute approximate surface area is 264 Å². The van der Waals surface area contributed by atoms with E-state index in [0.717, 1.165) is 38.8 Å². The molecule has 3 N–H and O–H groups in total. The maximum absolute atomic E-state index is 13.7. The van der Waals surface area contributed by atoms with E-state index in [2.05, 4.69) is 30.8 Å². The number of benzene rings is 2. The average molecular weight is 637 g/mol. The number of carbonyl (C=O) groups excluding carboxylic acids is 3. The minimum absolute atomic E-state index is 0.0156. The zero-order valence-electron chi connectivity index (χ0n) is 24.6. The van der Waals surface area contributed by atoms with Crippen LogP contribution in [0.5, 0.6) is 5.75 Å². The summed E-state index contributed by atoms with van der Waals surface area (Å²) < 4.78 is 24.8. The molecule has 3 fully saturated rings. The molecule has 0 radical (unpaired) electrons. The summed E-state index contributed by atoms with van der Waals surface area (Å²) in [6.45, 7) is 2.66. The molecular weight excluding hydrogens is 603 g/mol. The highest BCUT2D eigenvalue weighted by molar-refractivity contribution is 6.31. The van der Waals surface area contributed by atoms with Gasteiger partial charge in [0, 0.05) is 61.7 Å². The van der Waals surface area contributed by atoms with Crippen molar-refractivity contribution in [2.75, 3.05) is 36.9 Å². The predicted molar refractivity (Wildman–Crippen MR) is 167 cm³/mol. The number of fused-ring (bicyclic) bond motifs is 1. The summed E-state index contributed by atoms with van der Waals surface area (Å²) in [6.07, 6.45) is 8.55. The third-order valence-electron chi connectivity index (χ3n) is 8.09. The number of ether oxygens (including phenoxy) is 2. The standard InChI is InChI=1S/C32H34ClFN6O5/c33-23-14-21(5-6-24(23)34)37-31-22-15-26(28(44-17-19-3-4-19)16-25(22)35-18-36-31)39-29(41)2-1-11-40-12-9-20(10-13-40)38-32(43)27-7-8-30(42)45-27/h1-2,5-6,14-16,18-20,27H,3-4,7-13,17H2,(H,38,43)(H,39,41)(H,35,36,37). The van der Waals surface area contributed by atoms with E-state index in [1.165, 1.54) is 24.5 Å². The SMILES string of the molecule is O=C(C=CCN1CCC(NC(=O)C2CCC(=O)O2)CC1)Nc1cc2c(Nc3ccc(F)c(Cl)c3)ncnc2cc1OCC1CC1. The Balaban J connectivity index is 1.08. The van der Waals surface area contributed by atoms with Gasteiger partial charge in [0.05, 0.1) is 22.8 Å². The molecule has 0 bridgehead atoms. The summed E-state index contributed by atoms with van der Waals surface area (Å²) in [7, 11) is 0. The molecule has 45 heavy (non-hydrogen) atoms. The fourth-order valence-electron chi connectivity index (χ4n) is 5.35. The first-order valence-electron chi connectivity index (χ1n) is 15.1. The molecule has 3 aromatic rings. The molecular formula is C32H34ClFN6O5. The van der Waals surface area contributed by atoms with E-state index in [0.29, 0.717) is 59.3 Å². The molecule has 1 atom stereocenters. The minimum Gasteiger partial charge on any atom is -0.491 e. The van der Waals surface area contributed by atoms with Crippen molar-refractivity contribution in [3.8, 4) is 5.75 Å². The van der Waals surface area contributed by atoms with Gasteiger partial charge in [-0.25, -0.2) is 14.4 Å². The Kier molecular flexibility index (Phi) is 9.41. The smallest absolute Gasteiger partial charge is 0.306 e. The summed E-state index contributed by atoms with van der Waals surface area (Å²) in [5, 5.41) is 9.72. The molecule has 3 heterocycles. The van der Waals surface area contributed by atoms with Crippen LogP contribution in [0, 0.1) is 11.7 Å². The molecule has 11 nitrogen and oxygen atoms in total. The second kappa shape index (κ2) is 13.8. The zero-order chi connectivity index (χ0) is 31.3. The maximum atomic E-state index is 13.7. The third kappa shape index (κ3) is 8.06. The van der Waals surface area contributed by atoms with E-state index in [1.54, 1.807) is 18.2 Å². The molecule has 1 saturated carbocycles. The van der Waals surface area contributed by atoms with Gasteiger partial charge in [0.15, 0.2) is 6.10 Å². The number of nitrogens with one attached hydrogen (secondary N) is 3. The fourth-order valence-corrected chi connectivity index (χ4v) is 5.53. The van der Waals surface area contributed by atoms with Gasteiger partial charge in [-0.3, -0.25) is 19.3 Å². The van der Waals surface area contributed by atoms with Crippen LogP contribution in [0.4, 0.5) is 21.6 Å². The summed E-state index contributed by atoms with van der Waals surface area (Å²) in [4.78, 5) is 47.6. The lowest BCUT2D eigenvalue weighted by Gasteiger charge is -2.32. The van der Waals surface area contributed by atoms with Crippen molar-refractivity contribution >= 4 is 57.5 Å². The monoisotopic (exact) mass is 636 g/mol. The number of cyclic esters (lactones) is 1. The van der Waals surface area contributed by atoms with Gasteiger partial charge < -0.3 is 25.4 Å². The van der Waals surface area contributed by atoms with Crippen molar-refractivity contribution in [3.05, 3.63) is 59.7 Å². The fraction of sp³-hybridized carbons (Fsp3) is 0.406. The van der Waals surface area contributed by atoms with Gasteiger partial charge in [-0.2, -0.15) is 0 Å². The summed E-state index contributed by atoms with van der Waals surface area (Å²) in [5.74, 6) is 0.107.